The van der Waals surface area contributed by atoms with Gasteiger partial charge in [-0.2, -0.15) is 9.97 Å². The lowest BCUT2D eigenvalue weighted by atomic mass is 9.92. The van der Waals surface area contributed by atoms with E-state index in [0.717, 1.165) is 31.6 Å². The molecule has 2 atom stereocenters. The van der Waals surface area contributed by atoms with Crippen LogP contribution in [-0.4, -0.2) is 53.4 Å². The number of fused-ring (bicyclic) bond motifs is 1. The summed E-state index contributed by atoms with van der Waals surface area (Å²) < 4.78 is 28.0. The molecule has 5 rings (SSSR count). The number of piperidine rings is 1. The van der Waals surface area contributed by atoms with Crippen LogP contribution in [0.25, 0.3) is 11.0 Å². The lowest BCUT2D eigenvalue weighted by Gasteiger charge is -2.42. The van der Waals surface area contributed by atoms with E-state index in [0.29, 0.717) is 17.1 Å². The molecule has 0 amide bonds. The Balaban J connectivity index is 1.48. The Labute approximate surface area is 217 Å². The molecule has 188 valence electrons. The fourth-order valence-electron chi connectivity index (χ4n) is 5.00. The fraction of sp³-hybridized carbons (Fsp3) is 0.333. The molecule has 0 spiro atoms. The predicted molar refractivity (Wildman–Crippen MR) is 144 cm³/mol. The summed E-state index contributed by atoms with van der Waals surface area (Å²) in [5, 5.41) is 0.679. The maximum Gasteiger partial charge on any atom is 0.269 e. The minimum atomic E-state index is -3.84. The number of hydrogen-bond acceptors (Lipinski definition) is 6. The maximum absolute atomic E-state index is 13.4. The number of aryl methyl sites for hydroxylation is 1. The van der Waals surface area contributed by atoms with Gasteiger partial charge in [-0.05, 0) is 61.2 Å². The molecule has 4 aromatic rings. The van der Waals surface area contributed by atoms with Crippen molar-refractivity contribution < 1.29 is 8.42 Å². The average Bonchev–Trinajstić information content (AvgIpc) is 3.30. The third kappa shape index (κ3) is 4.73. The minimum absolute atomic E-state index is 0.0213. The molecule has 0 unspecified atom stereocenters. The van der Waals surface area contributed by atoms with E-state index < -0.39 is 10.0 Å². The quantitative estimate of drug-likeness (QED) is 0.332. The van der Waals surface area contributed by atoms with Crippen LogP contribution in [0.15, 0.2) is 71.8 Å². The molecule has 2 aromatic heterocycles. The van der Waals surface area contributed by atoms with E-state index in [4.69, 9.17) is 11.6 Å². The van der Waals surface area contributed by atoms with Crippen molar-refractivity contribution in [2.45, 2.75) is 37.8 Å². The minimum Gasteiger partial charge on any atom is -0.354 e. The zero-order valence-corrected chi connectivity index (χ0v) is 22.2. The highest BCUT2D eigenvalue weighted by molar-refractivity contribution is 7.90. The Morgan fingerprint density at radius 2 is 1.78 bits per heavy atom. The van der Waals surface area contributed by atoms with Gasteiger partial charge in [-0.25, -0.2) is 12.4 Å². The zero-order valence-electron chi connectivity index (χ0n) is 20.7. The molecule has 0 radical (unpaired) electrons. The highest BCUT2D eigenvalue weighted by atomic mass is 35.5. The van der Waals surface area contributed by atoms with Crippen molar-refractivity contribution >= 4 is 38.5 Å². The Kier molecular flexibility index (Phi) is 6.76. The van der Waals surface area contributed by atoms with E-state index in [1.165, 1.54) is 15.7 Å². The first kappa shape index (κ1) is 24.7. The Bertz CT molecular complexity index is 1470. The van der Waals surface area contributed by atoms with Gasteiger partial charge in [0.2, 0.25) is 5.28 Å². The second kappa shape index (κ2) is 9.84. The standard InChI is InChI=1S/C27H30ClN5O2S/c1-19-9-11-22(12-10-19)36(34,35)33-16-14-23-25(29-27(28)30-26(23)33)31(3)24-18-32(15-13-20(24)2)17-21-7-5-4-6-8-21/h4-12,14,16,20,24H,13,15,17-18H2,1-3H3/t20-,24+/m1/s1. The molecule has 1 aliphatic rings. The molecule has 1 fully saturated rings. The summed E-state index contributed by atoms with van der Waals surface area (Å²) in [7, 11) is -1.83. The van der Waals surface area contributed by atoms with Gasteiger partial charge in [0.05, 0.1) is 10.3 Å². The van der Waals surface area contributed by atoms with Crippen LogP contribution in [0, 0.1) is 12.8 Å². The normalized spacial score (nSPS) is 19.0. The first-order valence-electron chi connectivity index (χ1n) is 12.1. The van der Waals surface area contributed by atoms with Crippen LogP contribution in [0.3, 0.4) is 0 Å². The third-order valence-electron chi connectivity index (χ3n) is 7.12. The molecule has 1 saturated heterocycles. The van der Waals surface area contributed by atoms with Gasteiger partial charge in [0.1, 0.15) is 5.82 Å². The molecule has 36 heavy (non-hydrogen) atoms. The van der Waals surface area contributed by atoms with E-state index >= 15 is 0 Å². The molecular weight excluding hydrogens is 494 g/mol. The Hall–Kier alpha value is -2.94. The summed E-state index contributed by atoms with van der Waals surface area (Å²) in [5.41, 5.74) is 2.56. The first-order chi connectivity index (χ1) is 17.2. The number of benzene rings is 2. The predicted octanol–water partition coefficient (Wildman–Crippen LogP) is 4.98. The fourth-order valence-corrected chi connectivity index (χ4v) is 6.45. The number of anilines is 1. The summed E-state index contributed by atoms with van der Waals surface area (Å²) in [6.45, 7) is 6.98. The van der Waals surface area contributed by atoms with E-state index in [2.05, 4.69) is 51.0 Å². The van der Waals surface area contributed by atoms with Crippen molar-refractivity contribution in [3.63, 3.8) is 0 Å². The largest absolute Gasteiger partial charge is 0.354 e. The van der Waals surface area contributed by atoms with E-state index in [9.17, 15) is 8.42 Å². The van der Waals surface area contributed by atoms with Gasteiger partial charge in [0.15, 0.2) is 5.65 Å². The van der Waals surface area contributed by atoms with E-state index in [1.807, 2.05) is 20.0 Å². The maximum atomic E-state index is 13.4. The van der Waals surface area contributed by atoms with E-state index in [1.54, 1.807) is 30.3 Å². The molecule has 0 aliphatic carbocycles. The zero-order chi connectivity index (χ0) is 25.4. The first-order valence-corrected chi connectivity index (χ1v) is 13.9. The highest BCUT2D eigenvalue weighted by Crippen LogP contribution is 2.32. The number of rotatable bonds is 6. The topological polar surface area (TPSA) is 71.3 Å². The Morgan fingerprint density at radius 1 is 1.06 bits per heavy atom. The molecule has 1 aliphatic heterocycles. The molecule has 0 N–H and O–H groups in total. The molecule has 0 bridgehead atoms. The third-order valence-corrected chi connectivity index (χ3v) is 8.97. The van der Waals surface area contributed by atoms with Gasteiger partial charge in [-0.1, -0.05) is 55.0 Å². The SMILES string of the molecule is Cc1ccc(S(=O)(=O)n2ccc3c(N(C)[C@H]4CN(Cc5ccccc5)CC[C@H]4C)nc(Cl)nc32)cc1. The number of likely N-dealkylation sites (tertiary alicyclic amines) is 1. The molecule has 2 aromatic carbocycles. The smallest absolute Gasteiger partial charge is 0.269 e. The highest BCUT2D eigenvalue weighted by Gasteiger charge is 2.32. The molecule has 9 heteroatoms. The van der Waals surface area contributed by atoms with E-state index in [-0.39, 0.29) is 21.9 Å². The van der Waals surface area contributed by atoms with Crippen molar-refractivity contribution in [1.29, 1.82) is 0 Å². The van der Waals surface area contributed by atoms with Crippen molar-refractivity contribution in [2.75, 3.05) is 25.0 Å². The number of halogens is 1. The van der Waals surface area contributed by atoms with Crippen molar-refractivity contribution in [3.8, 4) is 0 Å². The van der Waals surface area contributed by atoms with Crippen LogP contribution in [0.5, 0.6) is 0 Å². The number of hydrogen-bond donors (Lipinski definition) is 0. The summed E-state index contributed by atoms with van der Waals surface area (Å²) in [4.78, 5) is 13.7. The number of nitrogens with zero attached hydrogens (tertiary/aromatic N) is 5. The molecule has 7 nitrogen and oxygen atoms in total. The second-order valence-electron chi connectivity index (χ2n) is 9.65. The van der Waals surface area contributed by atoms with Gasteiger partial charge < -0.3 is 4.90 Å². The van der Waals surface area contributed by atoms with Crippen LogP contribution < -0.4 is 4.90 Å². The van der Waals surface area contributed by atoms with Crippen LogP contribution in [0.4, 0.5) is 5.82 Å². The summed E-state index contributed by atoms with van der Waals surface area (Å²) >= 11 is 6.36. The monoisotopic (exact) mass is 523 g/mol. The number of likely N-dealkylation sites (N-methyl/N-ethyl adjacent to an activating group) is 1. The van der Waals surface area contributed by atoms with Crippen LogP contribution >= 0.6 is 11.6 Å². The van der Waals surface area contributed by atoms with Gasteiger partial charge >= 0.3 is 0 Å². The van der Waals surface area contributed by atoms with Gasteiger partial charge in [0, 0.05) is 32.4 Å². The lowest BCUT2D eigenvalue weighted by molar-refractivity contribution is 0.159. The Morgan fingerprint density at radius 3 is 2.50 bits per heavy atom. The summed E-state index contributed by atoms with van der Waals surface area (Å²) in [6, 6.07) is 19.2. The van der Waals surface area contributed by atoms with Crippen LogP contribution in [0.2, 0.25) is 5.28 Å². The number of aromatic nitrogens is 3. The van der Waals surface area contributed by atoms with Crippen LogP contribution in [0.1, 0.15) is 24.5 Å². The van der Waals surface area contributed by atoms with Gasteiger partial charge in [-0.3, -0.25) is 4.90 Å². The van der Waals surface area contributed by atoms with Crippen LogP contribution in [-0.2, 0) is 16.6 Å². The summed E-state index contributed by atoms with van der Waals surface area (Å²) in [6.07, 6.45) is 2.60. The van der Waals surface area contributed by atoms with Gasteiger partial charge in [-0.15, -0.1) is 0 Å². The summed E-state index contributed by atoms with van der Waals surface area (Å²) in [5.74, 6) is 1.07. The lowest BCUT2D eigenvalue weighted by Crippen LogP contribution is -2.51. The second-order valence-corrected chi connectivity index (χ2v) is 11.8. The van der Waals surface area contributed by atoms with Crippen molar-refractivity contribution in [3.05, 3.63) is 83.3 Å². The van der Waals surface area contributed by atoms with Crippen molar-refractivity contribution in [2.24, 2.45) is 5.92 Å². The van der Waals surface area contributed by atoms with Gasteiger partial charge in [0.25, 0.3) is 10.0 Å². The molecule has 0 saturated carbocycles. The molecular formula is C27H30ClN5O2S. The average molecular weight is 524 g/mol. The molecule has 3 heterocycles. The van der Waals surface area contributed by atoms with Crippen molar-refractivity contribution in [1.82, 2.24) is 18.8 Å².